The molecule has 140 valence electrons. The van der Waals surface area contributed by atoms with Crippen LogP contribution < -0.4 is 0 Å². The van der Waals surface area contributed by atoms with E-state index in [0.717, 1.165) is 32.8 Å². The largest absolute Gasteiger partial charge is 0.376 e. The molecule has 6 nitrogen and oxygen atoms in total. The Labute approximate surface area is 155 Å². The molecule has 4 heterocycles. The molecule has 2 aromatic heterocycles. The van der Waals surface area contributed by atoms with E-state index in [-0.39, 0.29) is 0 Å². The average molecular weight is 355 g/mol. The van der Waals surface area contributed by atoms with E-state index in [2.05, 4.69) is 33.9 Å². The summed E-state index contributed by atoms with van der Waals surface area (Å²) in [6.07, 6.45) is 6.89. The highest BCUT2D eigenvalue weighted by Crippen LogP contribution is 2.40. The summed E-state index contributed by atoms with van der Waals surface area (Å²) in [7, 11) is 4.28. The predicted molar refractivity (Wildman–Crippen MR) is 101 cm³/mol. The lowest BCUT2D eigenvalue weighted by molar-refractivity contribution is -0.0227. The van der Waals surface area contributed by atoms with Gasteiger partial charge in [0.15, 0.2) is 0 Å². The Balaban J connectivity index is 1.25. The van der Waals surface area contributed by atoms with Crippen LogP contribution in [0.15, 0.2) is 30.7 Å². The van der Waals surface area contributed by atoms with E-state index < -0.39 is 0 Å². The summed E-state index contributed by atoms with van der Waals surface area (Å²) >= 11 is 0. The Morgan fingerprint density at radius 1 is 1.23 bits per heavy atom. The number of ether oxygens (including phenoxy) is 1. The van der Waals surface area contributed by atoms with Crippen molar-refractivity contribution in [2.75, 3.05) is 33.3 Å². The summed E-state index contributed by atoms with van der Waals surface area (Å²) in [6, 6.07) is 4.04. The van der Waals surface area contributed by atoms with Crippen molar-refractivity contribution in [3.8, 4) is 0 Å². The van der Waals surface area contributed by atoms with Crippen LogP contribution in [-0.2, 0) is 24.9 Å². The molecule has 4 rings (SSSR count). The zero-order valence-electron chi connectivity index (χ0n) is 16.1. The first-order chi connectivity index (χ1) is 12.6. The van der Waals surface area contributed by atoms with E-state index in [9.17, 15) is 0 Å². The van der Waals surface area contributed by atoms with Crippen LogP contribution >= 0.6 is 0 Å². The van der Waals surface area contributed by atoms with Gasteiger partial charge in [-0.15, -0.1) is 0 Å². The molecule has 0 N–H and O–H groups in total. The lowest BCUT2D eigenvalue weighted by Gasteiger charge is -2.52. The van der Waals surface area contributed by atoms with Crippen LogP contribution in [0, 0.1) is 12.8 Å². The maximum atomic E-state index is 5.98. The van der Waals surface area contributed by atoms with E-state index in [0.29, 0.717) is 18.1 Å². The van der Waals surface area contributed by atoms with E-state index in [1.165, 1.54) is 23.2 Å². The van der Waals surface area contributed by atoms with Crippen LogP contribution in [0.2, 0.25) is 0 Å². The minimum atomic E-state index is 0.348. The molecule has 0 amide bonds. The number of aromatic nitrogens is 3. The zero-order chi connectivity index (χ0) is 18.1. The predicted octanol–water partition coefficient (Wildman–Crippen LogP) is 1.85. The van der Waals surface area contributed by atoms with Crippen molar-refractivity contribution >= 4 is 0 Å². The van der Waals surface area contributed by atoms with Crippen molar-refractivity contribution in [2.24, 2.45) is 13.0 Å². The van der Waals surface area contributed by atoms with Crippen molar-refractivity contribution < 1.29 is 4.74 Å². The summed E-state index contributed by atoms with van der Waals surface area (Å²) < 4.78 is 7.94. The highest BCUT2D eigenvalue weighted by Gasteiger charge is 2.51. The number of hydrogen-bond donors (Lipinski definition) is 0. The lowest BCUT2D eigenvalue weighted by atomic mass is 9.84. The fourth-order valence-electron chi connectivity index (χ4n) is 4.48. The van der Waals surface area contributed by atoms with Crippen LogP contribution in [0.1, 0.15) is 23.2 Å². The number of likely N-dealkylation sites (N-methyl/N-ethyl adjacent to an activating group) is 1. The Morgan fingerprint density at radius 2 is 2.00 bits per heavy atom. The first-order valence-electron chi connectivity index (χ1n) is 9.43. The van der Waals surface area contributed by atoms with Crippen molar-refractivity contribution in [1.82, 2.24) is 24.6 Å². The summed E-state index contributed by atoms with van der Waals surface area (Å²) in [5.41, 5.74) is 4.16. The molecule has 2 fully saturated rings. The van der Waals surface area contributed by atoms with Crippen LogP contribution in [0.5, 0.6) is 0 Å². The molecule has 0 aliphatic carbocycles. The lowest BCUT2D eigenvalue weighted by Crippen LogP contribution is -2.66. The molecule has 1 spiro atoms. The maximum absolute atomic E-state index is 5.98. The first-order valence-corrected chi connectivity index (χ1v) is 9.43. The maximum Gasteiger partial charge on any atom is 0.0718 e. The smallest absolute Gasteiger partial charge is 0.0718 e. The molecular weight excluding hydrogens is 326 g/mol. The van der Waals surface area contributed by atoms with E-state index in [4.69, 9.17) is 4.74 Å². The second kappa shape index (κ2) is 7.10. The van der Waals surface area contributed by atoms with E-state index in [1.54, 1.807) is 0 Å². The van der Waals surface area contributed by atoms with Gasteiger partial charge in [-0.2, -0.15) is 5.10 Å². The first kappa shape index (κ1) is 17.6. The molecule has 2 saturated heterocycles. The number of aryl methyl sites for hydroxylation is 1. The third-order valence-electron chi connectivity index (χ3n) is 6.15. The van der Waals surface area contributed by atoms with Gasteiger partial charge < -0.3 is 4.74 Å². The third kappa shape index (κ3) is 3.41. The molecule has 0 saturated carbocycles. The van der Waals surface area contributed by atoms with Gasteiger partial charge in [-0.05, 0) is 44.0 Å². The zero-order valence-corrected chi connectivity index (χ0v) is 16.1. The minimum absolute atomic E-state index is 0.348. The third-order valence-corrected chi connectivity index (χ3v) is 6.15. The molecular formula is C20H29N5O. The highest BCUT2D eigenvalue weighted by atomic mass is 16.5. The quantitative estimate of drug-likeness (QED) is 0.791. The Hall–Kier alpha value is -1.76. The average Bonchev–Trinajstić information content (AvgIpc) is 3.10. The Kier molecular flexibility index (Phi) is 4.82. The number of pyridine rings is 1. The van der Waals surface area contributed by atoms with Gasteiger partial charge in [0.25, 0.3) is 0 Å². The monoisotopic (exact) mass is 355 g/mol. The van der Waals surface area contributed by atoms with Gasteiger partial charge in [0.1, 0.15) is 0 Å². The molecule has 2 aliphatic rings. The standard InChI is InChI=1S/C20H29N5O/c1-16-19(9-22-24(16)3)11-25-14-20(15-25)8-18(10-23(20)2)13-26-12-17-4-6-21-7-5-17/h4-7,9,18H,8,10-15H2,1-3H3. The van der Waals surface area contributed by atoms with Crippen molar-refractivity contribution in [3.63, 3.8) is 0 Å². The minimum Gasteiger partial charge on any atom is -0.376 e. The topological polar surface area (TPSA) is 46.4 Å². The second-order valence-electron chi connectivity index (χ2n) is 8.07. The Morgan fingerprint density at radius 3 is 2.69 bits per heavy atom. The van der Waals surface area contributed by atoms with Crippen molar-refractivity contribution in [1.29, 1.82) is 0 Å². The second-order valence-corrected chi connectivity index (χ2v) is 8.07. The molecule has 26 heavy (non-hydrogen) atoms. The molecule has 0 bridgehead atoms. The van der Waals surface area contributed by atoms with Gasteiger partial charge in [-0.25, -0.2) is 0 Å². The number of hydrogen-bond acceptors (Lipinski definition) is 5. The van der Waals surface area contributed by atoms with E-state index >= 15 is 0 Å². The molecule has 2 aromatic rings. The molecule has 1 unspecified atom stereocenters. The summed E-state index contributed by atoms with van der Waals surface area (Å²) in [5.74, 6) is 0.629. The van der Waals surface area contributed by atoms with Gasteiger partial charge in [-0.1, -0.05) is 0 Å². The number of nitrogens with zero attached hydrogens (tertiary/aromatic N) is 5. The van der Waals surface area contributed by atoms with Gasteiger partial charge in [0, 0.05) is 62.4 Å². The summed E-state index contributed by atoms with van der Waals surface area (Å²) in [4.78, 5) is 9.15. The highest BCUT2D eigenvalue weighted by molar-refractivity contribution is 5.18. The SMILES string of the molecule is Cc1c(CN2CC3(CC(COCc4ccncc4)CN3C)C2)cnn1C. The summed E-state index contributed by atoms with van der Waals surface area (Å²) in [5, 5.41) is 4.36. The van der Waals surface area contributed by atoms with E-state index in [1.807, 2.05) is 42.5 Å². The van der Waals surface area contributed by atoms with Crippen LogP contribution in [0.25, 0.3) is 0 Å². The molecule has 6 heteroatoms. The molecule has 1 atom stereocenters. The molecule has 2 aliphatic heterocycles. The van der Waals surface area contributed by atoms with Gasteiger partial charge >= 0.3 is 0 Å². The fraction of sp³-hybridized carbons (Fsp3) is 0.600. The van der Waals surface area contributed by atoms with Gasteiger partial charge in [0.05, 0.1) is 19.4 Å². The summed E-state index contributed by atoms with van der Waals surface area (Å²) in [6.45, 7) is 8.12. The van der Waals surface area contributed by atoms with Crippen molar-refractivity contribution in [3.05, 3.63) is 47.5 Å². The van der Waals surface area contributed by atoms with Crippen LogP contribution in [-0.4, -0.2) is 63.4 Å². The van der Waals surface area contributed by atoms with Crippen LogP contribution in [0.4, 0.5) is 0 Å². The molecule has 0 radical (unpaired) electrons. The van der Waals surface area contributed by atoms with Gasteiger partial charge in [-0.3, -0.25) is 19.5 Å². The van der Waals surface area contributed by atoms with Crippen molar-refractivity contribution in [2.45, 2.75) is 32.0 Å². The number of likely N-dealkylation sites (tertiary alicyclic amines) is 2. The normalized spacial score (nSPS) is 22.8. The van der Waals surface area contributed by atoms with Gasteiger partial charge in [0.2, 0.25) is 0 Å². The fourth-order valence-corrected chi connectivity index (χ4v) is 4.48. The van der Waals surface area contributed by atoms with Crippen LogP contribution in [0.3, 0.4) is 0 Å². The molecule has 0 aromatic carbocycles. The Bertz CT molecular complexity index is 738. The number of rotatable bonds is 6.